The number of benzene rings is 2. The summed E-state index contributed by atoms with van der Waals surface area (Å²) in [6, 6.07) is 16.6. The van der Waals surface area contributed by atoms with E-state index >= 15 is 0 Å². The Bertz CT molecular complexity index is 632. The molecular formula is C22H22O. The van der Waals surface area contributed by atoms with Gasteiger partial charge in [0.05, 0.1) is 0 Å². The number of terminal acetylenes is 2. The molecule has 2 aromatic rings. The van der Waals surface area contributed by atoms with Crippen molar-refractivity contribution < 1.29 is 4.74 Å². The van der Waals surface area contributed by atoms with Gasteiger partial charge in [-0.25, -0.2) is 0 Å². The third kappa shape index (κ3) is 5.33. The topological polar surface area (TPSA) is 9.23 Å². The van der Waals surface area contributed by atoms with E-state index in [1.54, 1.807) is 0 Å². The highest BCUT2D eigenvalue weighted by Gasteiger charge is 2.14. The molecule has 0 fully saturated rings. The number of hydrogen-bond donors (Lipinski definition) is 0. The van der Waals surface area contributed by atoms with Crippen molar-refractivity contribution in [3.8, 4) is 24.7 Å². The van der Waals surface area contributed by atoms with Crippen LogP contribution in [0.25, 0.3) is 0 Å². The lowest BCUT2D eigenvalue weighted by Gasteiger charge is -2.18. The number of rotatable bonds is 6. The van der Waals surface area contributed by atoms with Gasteiger partial charge in [-0.2, -0.15) is 0 Å². The summed E-state index contributed by atoms with van der Waals surface area (Å²) in [5.41, 5.74) is 4.77. The standard InChI is InChI=1S/C22H22O/c1-5-21(15-19-11-7-17(3)8-12-19)23-22(6-2)16-20-13-9-18(4)10-14-20/h1-2,7-14,21-22H,15-16H2,3-4H3. The van der Waals surface area contributed by atoms with Gasteiger partial charge in [0, 0.05) is 12.8 Å². The first-order valence-electron chi connectivity index (χ1n) is 7.79. The Hall–Kier alpha value is -2.48. The van der Waals surface area contributed by atoms with Crippen molar-refractivity contribution >= 4 is 0 Å². The highest BCUT2D eigenvalue weighted by molar-refractivity contribution is 5.25. The van der Waals surface area contributed by atoms with Crippen LogP contribution in [-0.2, 0) is 17.6 Å². The summed E-state index contributed by atoms with van der Waals surface area (Å²) < 4.78 is 5.95. The summed E-state index contributed by atoms with van der Waals surface area (Å²) in [7, 11) is 0. The maximum Gasteiger partial charge on any atom is 0.123 e. The SMILES string of the molecule is C#CC(Cc1ccc(C)cc1)OC(C#C)Cc1ccc(C)cc1. The van der Waals surface area contributed by atoms with Gasteiger partial charge in [-0.1, -0.05) is 71.5 Å². The summed E-state index contributed by atoms with van der Waals surface area (Å²) in [4.78, 5) is 0. The van der Waals surface area contributed by atoms with Crippen LogP contribution in [0.3, 0.4) is 0 Å². The van der Waals surface area contributed by atoms with Gasteiger partial charge >= 0.3 is 0 Å². The minimum atomic E-state index is -0.316. The molecule has 2 aromatic carbocycles. The lowest BCUT2D eigenvalue weighted by atomic mass is 10.0. The minimum absolute atomic E-state index is 0.316. The van der Waals surface area contributed by atoms with Gasteiger partial charge < -0.3 is 4.74 Å². The Morgan fingerprint density at radius 3 is 1.39 bits per heavy atom. The Morgan fingerprint density at radius 1 is 0.739 bits per heavy atom. The Balaban J connectivity index is 1.98. The van der Waals surface area contributed by atoms with E-state index < -0.39 is 0 Å². The summed E-state index contributed by atoms with van der Waals surface area (Å²) in [5.74, 6) is 5.41. The van der Waals surface area contributed by atoms with Crippen LogP contribution < -0.4 is 0 Å². The van der Waals surface area contributed by atoms with Crippen molar-refractivity contribution in [1.29, 1.82) is 0 Å². The van der Waals surface area contributed by atoms with Gasteiger partial charge in [0.15, 0.2) is 0 Å². The van der Waals surface area contributed by atoms with Crippen LogP contribution in [-0.4, -0.2) is 12.2 Å². The molecule has 0 aliphatic carbocycles. The molecule has 0 aromatic heterocycles. The molecule has 1 heteroatoms. The molecule has 2 rings (SSSR count). The highest BCUT2D eigenvalue weighted by Crippen LogP contribution is 2.13. The van der Waals surface area contributed by atoms with Crippen molar-refractivity contribution in [3.05, 3.63) is 70.8 Å². The molecule has 0 amide bonds. The van der Waals surface area contributed by atoms with E-state index in [1.807, 2.05) is 0 Å². The first-order valence-corrected chi connectivity index (χ1v) is 7.79. The molecular weight excluding hydrogens is 280 g/mol. The molecule has 0 aliphatic heterocycles. The maximum absolute atomic E-state index is 5.95. The monoisotopic (exact) mass is 302 g/mol. The fourth-order valence-electron chi connectivity index (χ4n) is 2.37. The van der Waals surface area contributed by atoms with E-state index in [2.05, 4.69) is 74.2 Å². The van der Waals surface area contributed by atoms with Crippen LogP contribution in [0.5, 0.6) is 0 Å². The normalized spacial score (nSPS) is 12.9. The molecule has 2 atom stereocenters. The van der Waals surface area contributed by atoms with Gasteiger partial charge in [-0.15, -0.1) is 12.8 Å². The predicted octanol–water partition coefficient (Wildman–Crippen LogP) is 4.11. The minimum Gasteiger partial charge on any atom is -0.349 e. The van der Waals surface area contributed by atoms with Gasteiger partial charge in [0.25, 0.3) is 0 Å². The first-order chi connectivity index (χ1) is 11.1. The summed E-state index contributed by atoms with van der Waals surface area (Å²) >= 11 is 0. The second kappa shape index (κ2) is 8.23. The average Bonchev–Trinajstić information content (AvgIpc) is 2.57. The number of ether oxygens (including phenoxy) is 1. The third-order valence-corrected chi connectivity index (χ3v) is 3.78. The van der Waals surface area contributed by atoms with Gasteiger partial charge in [-0.05, 0) is 25.0 Å². The van der Waals surface area contributed by atoms with E-state index in [1.165, 1.54) is 11.1 Å². The summed E-state index contributed by atoms with van der Waals surface area (Å²) in [6.07, 6.45) is 12.0. The largest absolute Gasteiger partial charge is 0.349 e. The zero-order valence-corrected chi connectivity index (χ0v) is 13.8. The molecule has 0 aliphatic rings. The van der Waals surface area contributed by atoms with Crippen LogP contribution in [0.15, 0.2) is 48.5 Å². The van der Waals surface area contributed by atoms with Crippen LogP contribution in [0.2, 0.25) is 0 Å². The van der Waals surface area contributed by atoms with Crippen molar-refractivity contribution in [2.75, 3.05) is 0 Å². The molecule has 0 bridgehead atoms. The van der Waals surface area contributed by atoms with Crippen molar-refractivity contribution in [2.45, 2.75) is 38.9 Å². The molecule has 0 N–H and O–H groups in total. The van der Waals surface area contributed by atoms with Crippen molar-refractivity contribution in [3.63, 3.8) is 0 Å². The molecule has 0 radical (unpaired) electrons. The Labute approximate surface area is 139 Å². The number of hydrogen-bond acceptors (Lipinski definition) is 1. The predicted molar refractivity (Wildman–Crippen MR) is 96.1 cm³/mol. The zero-order chi connectivity index (χ0) is 16.7. The second-order valence-corrected chi connectivity index (χ2v) is 5.83. The van der Waals surface area contributed by atoms with E-state index in [9.17, 15) is 0 Å². The Morgan fingerprint density at radius 2 is 1.09 bits per heavy atom. The fraction of sp³-hybridized carbons (Fsp3) is 0.273. The van der Waals surface area contributed by atoms with Gasteiger partial charge in [0.1, 0.15) is 12.2 Å². The molecule has 116 valence electrons. The van der Waals surface area contributed by atoms with Gasteiger partial charge in [0.2, 0.25) is 0 Å². The van der Waals surface area contributed by atoms with Crippen LogP contribution in [0.4, 0.5) is 0 Å². The Kier molecular flexibility index (Phi) is 6.04. The van der Waals surface area contributed by atoms with Crippen LogP contribution in [0, 0.1) is 38.5 Å². The highest BCUT2D eigenvalue weighted by atomic mass is 16.5. The van der Waals surface area contributed by atoms with E-state index in [-0.39, 0.29) is 12.2 Å². The summed E-state index contributed by atoms with van der Waals surface area (Å²) in [5, 5.41) is 0. The van der Waals surface area contributed by atoms with E-state index in [4.69, 9.17) is 17.6 Å². The van der Waals surface area contributed by atoms with Crippen LogP contribution >= 0.6 is 0 Å². The lowest BCUT2D eigenvalue weighted by Crippen LogP contribution is -2.23. The second-order valence-electron chi connectivity index (χ2n) is 5.83. The quantitative estimate of drug-likeness (QED) is 0.730. The lowest BCUT2D eigenvalue weighted by molar-refractivity contribution is 0.0533. The maximum atomic E-state index is 5.95. The fourth-order valence-corrected chi connectivity index (χ4v) is 2.37. The number of aryl methyl sites for hydroxylation is 2. The molecule has 1 nitrogen and oxygen atoms in total. The molecule has 23 heavy (non-hydrogen) atoms. The zero-order valence-electron chi connectivity index (χ0n) is 13.8. The molecule has 0 saturated heterocycles. The van der Waals surface area contributed by atoms with Crippen molar-refractivity contribution in [2.24, 2.45) is 0 Å². The summed E-state index contributed by atoms with van der Waals surface area (Å²) in [6.45, 7) is 4.13. The average molecular weight is 302 g/mol. The van der Waals surface area contributed by atoms with Crippen LogP contribution in [0.1, 0.15) is 22.3 Å². The first kappa shape index (κ1) is 16.9. The van der Waals surface area contributed by atoms with E-state index in [0.717, 1.165) is 11.1 Å². The van der Waals surface area contributed by atoms with Gasteiger partial charge in [-0.3, -0.25) is 0 Å². The molecule has 0 saturated carbocycles. The molecule has 2 unspecified atom stereocenters. The van der Waals surface area contributed by atoms with Crippen molar-refractivity contribution in [1.82, 2.24) is 0 Å². The van der Waals surface area contributed by atoms with E-state index in [0.29, 0.717) is 12.8 Å². The molecule has 0 heterocycles. The third-order valence-electron chi connectivity index (χ3n) is 3.78. The smallest absolute Gasteiger partial charge is 0.123 e. The molecule has 0 spiro atoms.